The Balaban J connectivity index is 2.08. The minimum absolute atomic E-state index is 0.0658. The lowest BCUT2D eigenvalue weighted by atomic mass is 9.67. The highest BCUT2D eigenvalue weighted by atomic mass is 16.6. The Hall–Kier alpha value is -0.900. The molecule has 1 N–H and O–H groups in total. The molecule has 1 aliphatic heterocycles. The van der Waals surface area contributed by atoms with Crippen molar-refractivity contribution in [2.45, 2.75) is 58.2 Å². The third kappa shape index (κ3) is 1.55. The summed E-state index contributed by atoms with van der Waals surface area (Å²) in [6, 6.07) is 0. The van der Waals surface area contributed by atoms with Crippen molar-refractivity contribution < 1.29 is 19.4 Å². The lowest BCUT2D eigenvalue weighted by molar-refractivity contribution is -0.157. The van der Waals surface area contributed by atoms with Crippen LogP contribution in [0.1, 0.15) is 46.5 Å². The third-order valence-electron chi connectivity index (χ3n) is 5.96. The minimum Gasteiger partial charge on any atom is -0.461 e. The first kappa shape index (κ1) is 13.1. The maximum absolute atomic E-state index is 12.4. The number of Topliss-reactive ketones (excluding diaryl/α,β-unsaturated/α-hetero) is 1. The Morgan fingerprint density at radius 3 is 2.63 bits per heavy atom. The Bertz CT molecular complexity index is 441. The highest BCUT2D eigenvalue weighted by Crippen LogP contribution is 2.57. The largest absolute Gasteiger partial charge is 0.461 e. The molecule has 0 aromatic carbocycles. The number of hydrogen-bond acceptors (Lipinski definition) is 4. The fourth-order valence-corrected chi connectivity index (χ4v) is 4.71. The summed E-state index contributed by atoms with van der Waals surface area (Å²) < 4.78 is 5.57. The second kappa shape index (κ2) is 3.81. The van der Waals surface area contributed by atoms with Gasteiger partial charge in [-0.3, -0.25) is 9.59 Å². The van der Waals surface area contributed by atoms with Gasteiger partial charge in [-0.05, 0) is 33.1 Å². The van der Waals surface area contributed by atoms with E-state index in [0.717, 1.165) is 6.42 Å². The molecule has 2 aliphatic carbocycles. The molecule has 4 nitrogen and oxygen atoms in total. The van der Waals surface area contributed by atoms with Gasteiger partial charge in [0.1, 0.15) is 11.9 Å². The van der Waals surface area contributed by atoms with Crippen molar-refractivity contribution in [2.75, 3.05) is 0 Å². The maximum Gasteiger partial charge on any atom is 0.309 e. The van der Waals surface area contributed by atoms with E-state index in [1.807, 2.05) is 20.8 Å². The summed E-state index contributed by atoms with van der Waals surface area (Å²) in [4.78, 5) is 24.3. The average Bonchev–Trinajstić information content (AvgIpc) is 2.76. The van der Waals surface area contributed by atoms with Gasteiger partial charge in [-0.1, -0.05) is 6.92 Å². The van der Waals surface area contributed by atoms with Crippen LogP contribution in [0, 0.1) is 23.2 Å². The molecule has 19 heavy (non-hydrogen) atoms. The van der Waals surface area contributed by atoms with Crippen LogP contribution >= 0.6 is 0 Å². The summed E-state index contributed by atoms with van der Waals surface area (Å²) in [5.41, 5.74) is -1.54. The molecule has 0 spiro atoms. The number of fused-ring (bicyclic) bond motifs is 3. The Kier molecular flexibility index (Phi) is 2.63. The first-order valence-corrected chi connectivity index (χ1v) is 7.24. The summed E-state index contributed by atoms with van der Waals surface area (Å²) in [5, 5.41) is 10.7. The van der Waals surface area contributed by atoms with Crippen LogP contribution in [0.2, 0.25) is 0 Å². The van der Waals surface area contributed by atoms with E-state index in [1.165, 1.54) is 0 Å². The van der Waals surface area contributed by atoms with Crippen molar-refractivity contribution in [2.24, 2.45) is 23.2 Å². The molecular formula is C15H22O4. The number of carbonyl (C=O) groups excluding carboxylic acids is 2. The molecule has 0 aromatic rings. The highest BCUT2D eigenvalue weighted by Gasteiger charge is 2.64. The van der Waals surface area contributed by atoms with E-state index in [4.69, 9.17) is 4.74 Å². The van der Waals surface area contributed by atoms with Crippen molar-refractivity contribution in [1.82, 2.24) is 0 Å². The molecule has 0 amide bonds. The van der Waals surface area contributed by atoms with E-state index in [1.54, 1.807) is 0 Å². The lowest BCUT2D eigenvalue weighted by Crippen LogP contribution is -2.49. The average molecular weight is 266 g/mol. The predicted octanol–water partition coefficient (Wildman–Crippen LogP) is 1.69. The summed E-state index contributed by atoms with van der Waals surface area (Å²) in [6.45, 7) is 5.61. The highest BCUT2D eigenvalue weighted by molar-refractivity contribution is 5.89. The van der Waals surface area contributed by atoms with E-state index >= 15 is 0 Å². The summed E-state index contributed by atoms with van der Waals surface area (Å²) in [6.07, 6.45) is 2.25. The van der Waals surface area contributed by atoms with Gasteiger partial charge in [-0.25, -0.2) is 0 Å². The number of carbonyl (C=O) groups is 2. The zero-order valence-corrected chi connectivity index (χ0v) is 11.8. The van der Waals surface area contributed by atoms with Gasteiger partial charge in [0.25, 0.3) is 0 Å². The van der Waals surface area contributed by atoms with Crippen LogP contribution in [0.4, 0.5) is 0 Å². The van der Waals surface area contributed by atoms with Crippen molar-refractivity contribution in [1.29, 1.82) is 0 Å². The molecule has 3 fully saturated rings. The van der Waals surface area contributed by atoms with Crippen LogP contribution < -0.4 is 0 Å². The molecule has 106 valence electrons. The van der Waals surface area contributed by atoms with Crippen LogP contribution in [0.5, 0.6) is 0 Å². The molecule has 0 bridgehead atoms. The van der Waals surface area contributed by atoms with Gasteiger partial charge in [-0.2, -0.15) is 0 Å². The van der Waals surface area contributed by atoms with Gasteiger partial charge in [-0.15, -0.1) is 0 Å². The van der Waals surface area contributed by atoms with Crippen LogP contribution in [0.3, 0.4) is 0 Å². The molecule has 4 heteroatoms. The van der Waals surface area contributed by atoms with Crippen LogP contribution in [0.15, 0.2) is 0 Å². The zero-order valence-electron chi connectivity index (χ0n) is 11.8. The molecular weight excluding hydrogens is 244 g/mol. The normalized spacial score (nSPS) is 53.5. The van der Waals surface area contributed by atoms with Gasteiger partial charge in [0.05, 0.1) is 16.9 Å². The fraction of sp³-hybridized carbons (Fsp3) is 0.867. The first-order valence-electron chi connectivity index (χ1n) is 7.24. The van der Waals surface area contributed by atoms with Crippen molar-refractivity contribution in [3.63, 3.8) is 0 Å². The Morgan fingerprint density at radius 1 is 1.26 bits per heavy atom. The smallest absolute Gasteiger partial charge is 0.309 e. The van der Waals surface area contributed by atoms with Crippen LogP contribution in [-0.4, -0.2) is 28.6 Å². The number of aliphatic hydroxyl groups is 1. The zero-order chi connectivity index (χ0) is 14.0. The molecule has 0 radical (unpaired) electrons. The number of hydrogen-bond donors (Lipinski definition) is 1. The number of ketones is 1. The summed E-state index contributed by atoms with van der Waals surface area (Å²) in [5.74, 6) is -0.228. The molecule has 6 atom stereocenters. The lowest BCUT2D eigenvalue weighted by Gasteiger charge is -2.40. The molecule has 2 saturated carbocycles. The molecule has 1 heterocycles. The monoisotopic (exact) mass is 266 g/mol. The SMILES string of the molecule is C[C@@H]1C(=O)O[C@H]2[C@@H]1CC[C@](C)(O)[C@@H]1CCC(=O)[C@]12C. The molecule has 0 unspecified atom stereocenters. The summed E-state index contributed by atoms with van der Waals surface area (Å²) in [7, 11) is 0. The quantitative estimate of drug-likeness (QED) is 0.678. The predicted molar refractivity (Wildman–Crippen MR) is 68.2 cm³/mol. The van der Waals surface area contributed by atoms with E-state index in [2.05, 4.69) is 0 Å². The van der Waals surface area contributed by atoms with E-state index in [-0.39, 0.29) is 35.6 Å². The fourth-order valence-electron chi connectivity index (χ4n) is 4.71. The summed E-state index contributed by atoms with van der Waals surface area (Å²) >= 11 is 0. The van der Waals surface area contributed by atoms with Gasteiger partial charge in [0.2, 0.25) is 0 Å². The number of ether oxygens (including phenoxy) is 1. The standard InChI is InChI=1S/C15H22O4/c1-8-9-6-7-14(2,18)10-4-5-11(16)15(10,3)12(9)19-13(8)17/h8-10,12,18H,4-7H2,1-3H3/t8-,9+,10-,12-,14-,15-/m0/s1. The van der Waals surface area contributed by atoms with Gasteiger partial charge < -0.3 is 9.84 Å². The minimum atomic E-state index is -0.836. The Morgan fingerprint density at radius 2 is 1.95 bits per heavy atom. The molecule has 1 saturated heterocycles. The van der Waals surface area contributed by atoms with E-state index in [9.17, 15) is 14.7 Å². The second-order valence-electron chi connectivity index (χ2n) is 7.00. The number of rotatable bonds is 0. The second-order valence-corrected chi connectivity index (χ2v) is 7.00. The van der Waals surface area contributed by atoms with Crippen LogP contribution in [-0.2, 0) is 14.3 Å². The topological polar surface area (TPSA) is 63.6 Å². The first-order chi connectivity index (χ1) is 8.78. The van der Waals surface area contributed by atoms with Crippen molar-refractivity contribution >= 4 is 11.8 Å². The number of esters is 1. The van der Waals surface area contributed by atoms with Crippen molar-refractivity contribution in [3.8, 4) is 0 Å². The Labute approximate surface area is 113 Å². The van der Waals surface area contributed by atoms with Gasteiger partial charge in [0, 0.05) is 18.3 Å². The van der Waals surface area contributed by atoms with E-state index < -0.39 is 11.0 Å². The molecule has 3 aliphatic rings. The van der Waals surface area contributed by atoms with Crippen molar-refractivity contribution in [3.05, 3.63) is 0 Å². The maximum atomic E-state index is 12.4. The molecule has 0 aromatic heterocycles. The van der Waals surface area contributed by atoms with Crippen LogP contribution in [0.25, 0.3) is 0 Å². The molecule has 3 rings (SSSR count). The van der Waals surface area contributed by atoms with E-state index in [0.29, 0.717) is 19.3 Å². The van der Waals surface area contributed by atoms with Gasteiger partial charge >= 0.3 is 5.97 Å². The third-order valence-corrected chi connectivity index (χ3v) is 5.96. The van der Waals surface area contributed by atoms with Gasteiger partial charge in [0.15, 0.2) is 0 Å².